The van der Waals surface area contributed by atoms with Crippen molar-refractivity contribution in [2.75, 3.05) is 32.9 Å². The molecule has 0 spiro atoms. The first-order valence-corrected chi connectivity index (χ1v) is 8.30. The third-order valence-corrected chi connectivity index (χ3v) is 3.82. The van der Waals surface area contributed by atoms with Crippen LogP contribution in [0.2, 0.25) is 0 Å². The molecule has 2 atom stereocenters. The van der Waals surface area contributed by atoms with Gasteiger partial charge in [-0.1, -0.05) is 0 Å². The number of rotatable bonds is 5. The monoisotopic (exact) mass is 328 g/mol. The minimum absolute atomic E-state index is 0.0449. The molecule has 0 radical (unpaired) electrons. The topological polar surface area (TPSA) is 77.1 Å². The third-order valence-electron chi connectivity index (χ3n) is 3.82. The Bertz CT molecular complexity index is 415. The summed E-state index contributed by atoms with van der Waals surface area (Å²) in [6.07, 6.45) is 2.48. The maximum atomic E-state index is 12.1. The highest BCUT2D eigenvalue weighted by molar-refractivity contribution is 5.78. The zero-order chi connectivity index (χ0) is 16.9. The molecule has 7 heteroatoms. The van der Waals surface area contributed by atoms with E-state index >= 15 is 0 Å². The highest BCUT2D eigenvalue weighted by atomic mass is 16.6. The molecule has 2 aliphatic rings. The number of amides is 2. The molecule has 0 unspecified atom stereocenters. The summed E-state index contributed by atoms with van der Waals surface area (Å²) in [6.45, 7) is 7.92. The summed E-state index contributed by atoms with van der Waals surface area (Å²) in [7, 11) is 0. The van der Waals surface area contributed by atoms with Crippen LogP contribution in [0.15, 0.2) is 0 Å². The van der Waals surface area contributed by atoms with Crippen molar-refractivity contribution >= 4 is 12.0 Å². The highest BCUT2D eigenvalue weighted by Crippen LogP contribution is 2.14. The summed E-state index contributed by atoms with van der Waals surface area (Å²) < 4.78 is 16.1. The molecule has 2 aliphatic heterocycles. The number of alkyl carbamates (subject to hydrolysis) is 1. The van der Waals surface area contributed by atoms with Crippen LogP contribution >= 0.6 is 0 Å². The fourth-order valence-electron chi connectivity index (χ4n) is 2.72. The quantitative estimate of drug-likeness (QED) is 0.823. The van der Waals surface area contributed by atoms with Crippen molar-refractivity contribution in [3.05, 3.63) is 0 Å². The molecule has 0 aromatic heterocycles. The molecular formula is C16H28N2O5. The maximum Gasteiger partial charge on any atom is 0.407 e. The van der Waals surface area contributed by atoms with E-state index in [0.29, 0.717) is 19.7 Å². The Hall–Kier alpha value is -1.34. The number of hydrogen-bond donors (Lipinski definition) is 1. The second-order valence-electron chi connectivity index (χ2n) is 7.12. The highest BCUT2D eigenvalue weighted by Gasteiger charge is 2.29. The summed E-state index contributed by atoms with van der Waals surface area (Å²) in [5.74, 6) is -0.0449. The lowest BCUT2D eigenvalue weighted by Gasteiger charge is -2.22. The number of ether oxygens (including phenoxy) is 3. The van der Waals surface area contributed by atoms with Gasteiger partial charge < -0.3 is 24.4 Å². The Balaban J connectivity index is 1.63. The first-order valence-electron chi connectivity index (χ1n) is 8.30. The Morgan fingerprint density at radius 2 is 2.09 bits per heavy atom. The SMILES string of the molecule is CC(C)(C)OC(=O)N[C@H]1CCN(C(=O)COC[C@H]2CCCO2)C1. The van der Waals surface area contributed by atoms with Crippen LogP contribution in [0, 0.1) is 0 Å². The van der Waals surface area contributed by atoms with Gasteiger partial charge in [0.05, 0.1) is 18.8 Å². The van der Waals surface area contributed by atoms with Crippen molar-refractivity contribution in [1.29, 1.82) is 0 Å². The van der Waals surface area contributed by atoms with E-state index in [-0.39, 0.29) is 24.7 Å². The summed E-state index contributed by atoms with van der Waals surface area (Å²) in [6, 6.07) is -0.0630. The fraction of sp³-hybridized carbons (Fsp3) is 0.875. The second-order valence-corrected chi connectivity index (χ2v) is 7.12. The van der Waals surface area contributed by atoms with Crippen LogP contribution in [0.3, 0.4) is 0 Å². The van der Waals surface area contributed by atoms with E-state index in [2.05, 4.69) is 5.32 Å². The third kappa shape index (κ3) is 6.35. The Morgan fingerprint density at radius 3 is 2.74 bits per heavy atom. The van der Waals surface area contributed by atoms with Gasteiger partial charge in [-0.2, -0.15) is 0 Å². The van der Waals surface area contributed by atoms with Crippen molar-refractivity contribution in [2.24, 2.45) is 0 Å². The average Bonchev–Trinajstić information content (AvgIpc) is 3.07. The smallest absolute Gasteiger partial charge is 0.407 e. The predicted octanol–water partition coefficient (Wildman–Crippen LogP) is 1.31. The molecule has 7 nitrogen and oxygen atoms in total. The molecule has 0 aromatic carbocycles. The minimum Gasteiger partial charge on any atom is -0.444 e. The minimum atomic E-state index is -0.519. The molecule has 0 aromatic rings. The Morgan fingerprint density at radius 1 is 1.30 bits per heavy atom. The van der Waals surface area contributed by atoms with E-state index in [4.69, 9.17) is 14.2 Å². The lowest BCUT2D eigenvalue weighted by atomic mass is 10.2. The average molecular weight is 328 g/mol. The molecule has 2 saturated heterocycles. The maximum absolute atomic E-state index is 12.1. The lowest BCUT2D eigenvalue weighted by molar-refractivity contribution is -0.136. The van der Waals surface area contributed by atoms with Crippen molar-refractivity contribution in [1.82, 2.24) is 10.2 Å². The normalized spacial score (nSPS) is 24.7. The molecule has 0 saturated carbocycles. The van der Waals surface area contributed by atoms with Crippen LogP contribution in [-0.4, -0.2) is 67.6 Å². The fourth-order valence-corrected chi connectivity index (χ4v) is 2.72. The first-order chi connectivity index (χ1) is 10.8. The van der Waals surface area contributed by atoms with Crippen LogP contribution < -0.4 is 5.32 Å². The molecular weight excluding hydrogens is 300 g/mol. The van der Waals surface area contributed by atoms with Crippen LogP contribution in [-0.2, 0) is 19.0 Å². The van der Waals surface area contributed by atoms with Crippen LogP contribution in [0.25, 0.3) is 0 Å². The van der Waals surface area contributed by atoms with Gasteiger partial charge in [0.2, 0.25) is 5.91 Å². The standard InChI is InChI=1S/C16H28N2O5/c1-16(2,3)23-15(20)17-12-6-7-18(9-12)14(19)11-21-10-13-5-4-8-22-13/h12-13H,4-11H2,1-3H3,(H,17,20)/t12-,13+/m0/s1. The van der Waals surface area contributed by atoms with Crippen molar-refractivity contribution in [3.63, 3.8) is 0 Å². The number of carbonyl (C=O) groups is 2. The van der Waals surface area contributed by atoms with Gasteiger partial charge in [-0.3, -0.25) is 4.79 Å². The zero-order valence-electron chi connectivity index (χ0n) is 14.3. The van der Waals surface area contributed by atoms with Crippen LogP contribution in [0.1, 0.15) is 40.0 Å². The Labute approximate surface area is 137 Å². The van der Waals surface area contributed by atoms with Crippen molar-refractivity contribution in [2.45, 2.75) is 57.8 Å². The van der Waals surface area contributed by atoms with Crippen molar-refractivity contribution < 1.29 is 23.8 Å². The van der Waals surface area contributed by atoms with E-state index in [1.165, 1.54) is 0 Å². The molecule has 23 heavy (non-hydrogen) atoms. The van der Waals surface area contributed by atoms with Gasteiger partial charge in [-0.15, -0.1) is 0 Å². The van der Waals surface area contributed by atoms with E-state index in [1.54, 1.807) is 4.90 Å². The molecule has 1 N–H and O–H groups in total. The summed E-state index contributed by atoms with van der Waals surface area (Å²) in [5.41, 5.74) is -0.519. The van der Waals surface area contributed by atoms with Gasteiger partial charge in [-0.25, -0.2) is 4.79 Å². The number of nitrogens with zero attached hydrogens (tertiary/aromatic N) is 1. The number of carbonyl (C=O) groups excluding carboxylic acids is 2. The van der Waals surface area contributed by atoms with Gasteiger partial charge in [0.15, 0.2) is 0 Å². The number of hydrogen-bond acceptors (Lipinski definition) is 5. The zero-order valence-corrected chi connectivity index (χ0v) is 14.3. The van der Waals surface area contributed by atoms with Gasteiger partial charge in [0.1, 0.15) is 12.2 Å². The van der Waals surface area contributed by atoms with E-state index in [9.17, 15) is 9.59 Å². The number of nitrogens with one attached hydrogen (secondary N) is 1. The first kappa shape index (κ1) is 18.0. The predicted molar refractivity (Wildman–Crippen MR) is 84.1 cm³/mol. The number of likely N-dealkylation sites (tertiary alicyclic amines) is 1. The van der Waals surface area contributed by atoms with Gasteiger partial charge in [-0.05, 0) is 40.0 Å². The van der Waals surface area contributed by atoms with Crippen molar-refractivity contribution in [3.8, 4) is 0 Å². The van der Waals surface area contributed by atoms with Gasteiger partial charge in [0, 0.05) is 19.7 Å². The van der Waals surface area contributed by atoms with Gasteiger partial charge >= 0.3 is 6.09 Å². The van der Waals surface area contributed by atoms with E-state index in [1.807, 2.05) is 20.8 Å². The Kier molecular flexibility index (Phi) is 6.24. The molecule has 2 amide bonds. The lowest BCUT2D eigenvalue weighted by Crippen LogP contribution is -2.41. The van der Waals surface area contributed by atoms with Crippen LogP contribution in [0.5, 0.6) is 0 Å². The van der Waals surface area contributed by atoms with Crippen LogP contribution in [0.4, 0.5) is 4.79 Å². The second kappa shape index (κ2) is 7.97. The van der Waals surface area contributed by atoms with E-state index in [0.717, 1.165) is 25.9 Å². The van der Waals surface area contributed by atoms with E-state index < -0.39 is 11.7 Å². The largest absolute Gasteiger partial charge is 0.444 e. The molecule has 0 bridgehead atoms. The summed E-state index contributed by atoms with van der Waals surface area (Å²) in [4.78, 5) is 25.6. The molecule has 2 fully saturated rings. The molecule has 132 valence electrons. The molecule has 2 rings (SSSR count). The molecule has 0 aliphatic carbocycles. The van der Waals surface area contributed by atoms with Gasteiger partial charge in [0.25, 0.3) is 0 Å². The summed E-state index contributed by atoms with van der Waals surface area (Å²) >= 11 is 0. The molecule has 2 heterocycles. The summed E-state index contributed by atoms with van der Waals surface area (Å²) in [5, 5.41) is 2.81.